The lowest BCUT2D eigenvalue weighted by molar-refractivity contribution is -0.144. The molecule has 3 atom stereocenters. The third kappa shape index (κ3) is 4.22. The molecule has 6 heteroatoms. The third-order valence-corrected chi connectivity index (χ3v) is 5.91. The van der Waals surface area contributed by atoms with E-state index in [0.717, 1.165) is 70.7 Å². The van der Waals surface area contributed by atoms with Gasteiger partial charge in [-0.2, -0.15) is 0 Å². The molecule has 3 fully saturated rings. The standard InChI is InChI=1S/C20H29N3O2.ClH/c24-20(23-11-8-17(15-23)22-12-9-21-10-13-22)18-7-4-14-25-19(18)16-5-2-1-3-6-16;/h1-3,5-6,17-19,21H,4,7-15H2;1H. The van der Waals surface area contributed by atoms with Crippen LogP contribution in [-0.2, 0) is 9.53 Å². The number of amides is 1. The Kier molecular flexibility index (Phi) is 6.92. The number of piperazine rings is 1. The maximum atomic E-state index is 13.2. The van der Waals surface area contributed by atoms with Gasteiger partial charge >= 0.3 is 0 Å². The van der Waals surface area contributed by atoms with E-state index in [1.165, 1.54) is 0 Å². The summed E-state index contributed by atoms with van der Waals surface area (Å²) in [6.07, 6.45) is 2.94. The molecular formula is C20H30ClN3O2. The molecule has 0 radical (unpaired) electrons. The molecule has 3 aliphatic rings. The lowest BCUT2D eigenvalue weighted by atomic mass is 9.88. The molecule has 3 saturated heterocycles. The Morgan fingerprint density at radius 3 is 2.62 bits per heavy atom. The van der Waals surface area contributed by atoms with Crippen molar-refractivity contribution in [2.45, 2.75) is 31.4 Å². The minimum atomic E-state index is -0.0827. The molecule has 26 heavy (non-hydrogen) atoms. The molecule has 1 amide bonds. The van der Waals surface area contributed by atoms with Gasteiger partial charge in [0.25, 0.3) is 0 Å². The van der Waals surface area contributed by atoms with Crippen molar-refractivity contribution in [2.24, 2.45) is 5.92 Å². The van der Waals surface area contributed by atoms with Gasteiger partial charge in [-0.05, 0) is 24.8 Å². The smallest absolute Gasteiger partial charge is 0.228 e. The van der Waals surface area contributed by atoms with Crippen molar-refractivity contribution in [3.63, 3.8) is 0 Å². The normalized spacial score (nSPS) is 30.0. The van der Waals surface area contributed by atoms with Crippen molar-refractivity contribution in [2.75, 3.05) is 45.9 Å². The average molecular weight is 380 g/mol. The van der Waals surface area contributed by atoms with Crippen LogP contribution in [-0.4, -0.2) is 67.6 Å². The summed E-state index contributed by atoms with van der Waals surface area (Å²) < 4.78 is 6.03. The molecule has 1 N–H and O–H groups in total. The summed E-state index contributed by atoms with van der Waals surface area (Å²) in [6.45, 7) is 6.88. The zero-order chi connectivity index (χ0) is 17.1. The van der Waals surface area contributed by atoms with E-state index < -0.39 is 0 Å². The number of nitrogens with one attached hydrogen (secondary N) is 1. The fourth-order valence-electron chi connectivity index (χ4n) is 4.53. The first-order valence-electron chi connectivity index (χ1n) is 9.73. The van der Waals surface area contributed by atoms with Crippen molar-refractivity contribution in [1.82, 2.24) is 15.1 Å². The van der Waals surface area contributed by atoms with Crippen LogP contribution in [0.2, 0.25) is 0 Å². The predicted molar refractivity (Wildman–Crippen MR) is 105 cm³/mol. The predicted octanol–water partition coefficient (Wildman–Crippen LogP) is 2.08. The van der Waals surface area contributed by atoms with E-state index in [-0.39, 0.29) is 24.4 Å². The molecule has 0 bridgehead atoms. The molecule has 0 spiro atoms. The molecule has 0 aliphatic carbocycles. The second kappa shape index (κ2) is 9.18. The van der Waals surface area contributed by atoms with Gasteiger partial charge in [0, 0.05) is 51.9 Å². The summed E-state index contributed by atoms with van der Waals surface area (Å²) in [5, 5.41) is 3.41. The molecule has 0 saturated carbocycles. The Bertz CT molecular complexity index is 580. The van der Waals surface area contributed by atoms with Crippen LogP contribution in [0.5, 0.6) is 0 Å². The number of halogens is 1. The van der Waals surface area contributed by atoms with E-state index in [2.05, 4.69) is 27.2 Å². The van der Waals surface area contributed by atoms with E-state index in [0.29, 0.717) is 11.9 Å². The topological polar surface area (TPSA) is 44.8 Å². The molecular weight excluding hydrogens is 350 g/mol. The van der Waals surface area contributed by atoms with Gasteiger partial charge in [0.2, 0.25) is 5.91 Å². The van der Waals surface area contributed by atoms with Crippen LogP contribution >= 0.6 is 12.4 Å². The van der Waals surface area contributed by atoms with Crippen LogP contribution in [0.25, 0.3) is 0 Å². The Morgan fingerprint density at radius 1 is 1.08 bits per heavy atom. The number of carbonyl (C=O) groups is 1. The molecule has 3 unspecified atom stereocenters. The monoisotopic (exact) mass is 379 g/mol. The number of hydrogen-bond acceptors (Lipinski definition) is 4. The van der Waals surface area contributed by atoms with Crippen LogP contribution < -0.4 is 5.32 Å². The van der Waals surface area contributed by atoms with Gasteiger partial charge < -0.3 is 15.0 Å². The number of nitrogens with zero attached hydrogens (tertiary/aromatic N) is 2. The maximum Gasteiger partial charge on any atom is 0.228 e. The van der Waals surface area contributed by atoms with Crippen molar-refractivity contribution in [1.29, 1.82) is 0 Å². The van der Waals surface area contributed by atoms with Crippen molar-refractivity contribution < 1.29 is 9.53 Å². The van der Waals surface area contributed by atoms with Gasteiger partial charge in [-0.15, -0.1) is 12.4 Å². The molecule has 1 aromatic rings. The van der Waals surface area contributed by atoms with Gasteiger partial charge in [-0.3, -0.25) is 9.69 Å². The average Bonchev–Trinajstić information content (AvgIpc) is 3.19. The van der Waals surface area contributed by atoms with Crippen LogP contribution in [0, 0.1) is 5.92 Å². The van der Waals surface area contributed by atoms with Gasteiger partial charge in [0.15, 0.2) is 0 Å². The SMILES string of the molecule is Cl.O=C(C1CCCOC1c1ccccc1)N1CCC(N2CCNCC2)C1. The lowest BCUT2D eigenvalue weighted by Crippen LogP contribution is -2.49. The van der Waals surface area contributed by atoms with E-state index in [9.17, 15) is 4.79 Å². The summed E-state index contributed by atoms with van der Waals surface area (Å²) in [4.78, 5) is 17.9. The Balaban J connectivity index is 0.00000196. The molecule has 5 nitrogen and oxygen atoms in total. The molecule has 1 aromatic carbocycles. The Hall–Kier alpha value is -1.14. The maximum absolute atomic E-state index is 13.2. The van der Waals surface area contributed by atoms with Gasteiger partial charge in [0.05, 0.1) is 12.0 Å². The van der Waals surface area contributed by atoms with Crippen LogP contribution in [0.1, 0.15) is 30.9 Å². The van der Waals surface area contributed by atoms with Crippen molar-refractivity contribution >= 4 is 18.3 Å². The largest absolute Gasteiger partial charge is 0.373 e. The van der Waals surface area contributed by atoms with E-state index >= 15 is 0 Å². The zero-order valence-corrected chi connectivity index (χ0v) is 16.1. The van der Waals surface area contributed by atoms with Crippen LogP contribution in [0.15, 0.2) is 30.3 Å². The number of carbonyl (C=O) groups excluding carboxylic acids is 1. The van der Waals surface area contributed by atoms with E-state index in [1.807, 2.05) is 18.2 Å². The second-order valence-electron chi connectivity index (χ2n) is 7.46. The van der Waals surface area contributed by atoms with E-state index in [4.69, 9.17) is 4.74 Å². The highest BCUT2D eigenvalue weighted by Gasteiger charge is 2.39. The second-order valence-corrected chi connectivity index (χ2v) is 7.46. The molecule has 144 valence electrons. The van der Waals surface area contributed by atoms with Crippen molar-refractivity contribution in [3.05, 3.63) is 35.9 Å². The van der Waals surface area contributed by atoms with Gasteiger partial charge in [0.1, 0.15) is 0 Å². The quantitative estimate of drug-likeness (QED) is 0.873. The number of hydrogen-bond donors (Lipinski definition) is 1. The number of likely N-dealkylation sites (tertiary alicyclic amines) is 1. The highest BCUT2D eigenvalue weighted by molar-refractivity contribution is 5.85. The molecule has 3 aliphatic heterocycles. The minimum Gasteiger partial charge on any atom is -0.373 e. The first-order chi connectivity index (χ1) is 12.3. The summed E-state index contributed by atoms with van der Waals surface area (Å²) in [6, 6.07) is 10.8. The van der Waals surface area contributed by atoms with Crippen LogP contribution in [0.4, 0.5) is 0 Å². The number of benzene rings is 1. The van der Waals surface area contributed by atoms with Crippen LogP contribution in [0.3, 0.4) is 0 Å². The van der Waals surface area contributed by atoms with Gasteiger partial charge in [-0.1, -0.05) is 30.3 Å². The lowest BCUT2D eigenvalue weighted by Gasteiger charge is -2.35. The third-order valence-electron chi connectivity index (χ3n) is 5.91. The molecule has 4 rings (SSSR count). The highest BCUT2D eigenvalue weighted by Crippen LogP contribution is 2.35. The molecule has 0 aromatic heterocycles. The molecule has 3 heterocycles. The zero-order valence-electron chi connectivity index (χ0n) is 15.3. The fourth-order valence-corrected chi connectivity index (χ4v) is 4.53. The fraction of sp³-hybridized carbons (Fsp3) is 0.650. The highest BCUT2D eigenvalue weighted by atomic mass is 35.5. The van der Waals surface area contributed by atoms with Gasteiger partial charge in [-0.25, -0.2) is 0 Å². The summed E-state index contributed by atoms with van der Waals surface area (Å²) >= 11 is 0. The van der Waals surface area contributed by atoms with Crippen molar-refractivity contribution in [3.8, 4) is 0 Å². The van der Waals surface area contributed by atoms with E-state index in [1.54, 1.807) is 0 Å². The summed E-state index contributed by atoms with van der Waals surface area (Å²) in [7, 11) is 0. The Morgan fingerprint density at radius 2 is 1.85 bits per heavy atom. The number of rotatable bonds is 3. The Labute approximate surface area is 162 Å². The summed E-state index contributed by atoms with van der Waals surface area (Å²) in [5.74, 6) is 0.268. The number of ether oxygens (including phenoxy) is 1. The minimum absolute atomic E-state index is 0. The first-order valence-corrected chi connectivity index (χ1v) is 9.73. The first kappa shape index (κ1) is 19.6. The summed E-state index contributed by atoms with van der Waals surface area (Å²) in [5.41, 5.74) is 1.14.